The second-order valence-corrected chi connectivity index (χ2v) is 4.52. The predicted molar refractivity (Wildman–Crippen MR) is 66.3 cm³/mol. The van der Waals surface area contributed by atoms with Gasteiger partial charge in [-0.15, -0.1) is 0 Å². The highest BCUT2D eigenvalue weighted by Gasteiger charge is 2.27. The van der Waals surface area contributed by atoms with E-state index in [4.69, 9.17) is 16.3 Å². The fourth-order valence-electron chi connectivity index (χ4n) is 1.88. The van der Waals surface area contributed by atoms with E-state index in [2.05, 4.69) is 14.6 Å². The second kappa shape index (κ2) is 6.13. The summed E-state index contributed by atoms with van der Waals surface area (Å²) < 4.78 is 10.0. The number of halogens is 1. The van der Waals surface area contributed by atoms with Gasteiger partial charge in [-0.3, -0.25) is 9.88 Å². The minimum atomic E-state index is -0.511. The molecule has 1 aliphatic rings. The van der Waals surface area contributed by atoms with E-state index in [1.807, 2.05) is 6.07 Å². The first kappa shape index (κ1) is 13.3. The van der Waals surface area contributed by atoms with Crippen molar-refractivity contribution in [3.8, 4) is 0 Å². The van der Waals surface area contributed by atoms with Crippen LogP contribution in [-0.4, -0.2) is 48.8 Å². The van der Waals surface area contributed by atoms with Gasteiger partial charge in [-0.25, -0.2) is 4.79 Å². The van der Waals surface area contributed by atoms with Gasteiger partial charge < -0.3 is 9.47 Å². The average Bonchev–Trinajstić information content (AvgIpc) is 2.38. The molecule has 5 nitrogen and oxygen atoms in total. The molecule has 1 aromatic rings. The fourth-order valence-corrected chi connectivity index (χ4v) is 2.07. The number of aromatic nitrogens is 1. The van der Waals surface area contributed by atoms with E-state index in [0.29, 0.717) is 24.7 Å². The highest BCUT2D eigenvalue weighted by Crippen LogP contribution is 2.13. The fraction of sp³-hybridized carbons (Fsp3) is 0.500. The Labute approximate surface area is 111 Å². The summed E-state index contributed by atoms with van der Waals surface area (Å²) >= 11 is 5.91. The van der Waals surface area contributed by atoms with E-state index in [1.165, 1.54) is 7.11 Å². The van der Waals surface area contributed by atoms with Gasteiger partial charge in [0.05, 0.1) is 19.4 Å². The van der Waals surface area contributed by atoms with Gasteiger partial charge in [0.2, 0.25) is 0 Å². The van der Waals surface area contributed by atoms with E-state index in [-0.39, 0.29) is 5.97 Å². The maximum atomic E-state index is 11.4. The number of methoxy groups -OCH3 is 1. The molecule has 1 saturated heterocycles. The number of esters is 1. The molecule has 0 amide bonds. The van der Waals surface area contributed by atoms with E-state index < -0.39 is 6.10 Å². The van der Waals surface area contributed by atoms with Gasteiger partial charge in [0, 0.05) is 30.9 Å². The van der Waals surface area contributed by atoms with Crippen molar-refractivity contribution < 1.29 is 14.3 Å². The molecule has 0 aromatic carbocycles. The topological polar surface area (TPSA) is 51.7 Å². The smallest absolute Gasteiger partial charge is 0.336 e. The largest absolute Gasteiger partial charge is 0.467 e. The Morgan fingerprint density at radius 3 is 3.28 bits per heavy atom. The molecule has 1 atom stereocenters. The molecule has 1 fully saturated rings. The molecular weight excluding hydrogens is 256 g/mol. The van der Waals surface area contributed by atoms with E-state index >= 15 is 0 Å². The summed E-state index contributed by atoms with van der Waals surface area (Å²) in [6.07, 6.45) is 1.17. The Morgan fingerprint density at radius 2 is 2.56 bits per heavy atom. The van der Waals surface area contributed by atoms with Crippen LogP contribution in [0.15, 0.2) is 18.3 Å². The number of morpholine rings is 1. The summed E-state index contributed by atoms with van der Waals surface area (Å²) in [6.45, 7) is 2.44. The van der Waals surface area contributed by atoms with Crippen molar-refractivity contribution in [2.24, 2.45) is 0 Å². The second-order valence-electron chi connectivity index (χ2n) is 4.08. The molecule has 18 heavy (non-hydrogen) atoms. The Morgan fingerprint density at radius 1 is 1.72 bits per heavy atom. The zero-order valence-corrected chi connectivity index (χ0v) is 10.9. The van der Waals surface area contributed by atoms with Gasteiger partial charge >= 0.3 is 5.97 Å². The van der Waals surface area contributed by atoms with Crippen molar-refractivity contribution in [3.05, 3.63) is 29.0 Å². The van der Waals surface area contributed by atoms with Gasteiger partial charge in [0.1, 0.15) is 0 Å². The normalized spacial score (nSPS) is 20.7. The molecule has 2 rings (SSSR count). The molecule has 2 heterocycles. The summed E-state index contributed by atoms with van der Waals surface area (Å²) in [5.41, 5.74) is 0.882. The SMILES string of the molecule is COC(=O)C1CN(Cc2cc(Cl)ccn2)CCO1. The van der Waals surface area contributed by atoms with Gasteiger partial charge in [0.15, 0.2) is 6.10 Å². The average molecular weight is 271 g/mol. The van der Waals surface area contributed by atoms with Crippen LogP contribution in [0.2, 0.25) is 5.02 Å². The van der Waals surface area contributed by atoms with Crippen LogP contribution in [0.1, 0.15) is 5.69 Å². The summed E-state index contributed by atoms with van der Waals surface area (Å²) in [7, 11) is 1.36. The van der Waals surface area contributed by atoms with E-state index in [0.717, 1.165) is 12.2 Å². The molecule has 6 heteroatoms. The third-order valence-corrected chi connectivity index (χ3v) is 3.01. The van der Waals surface area contributed by atoms with Crippen molar-refractivity contribution in [2.75, 3.05) is 26.8 Å². The van der Waals surface area contributed by atoms with Gasteiger partial charge in [-0.1, -0.05) is 11.6 Å². The molecule has 0 spiro atoms. The number of ether oxygens (including phenoxy) is 2. The predicted octanol–water partition coefficient (Wildman–Crippen LogP) is 1.11. The minimum Gasteiger partial charge on any atom is -0.467 e. The molecule has 1 aromatic heterocycles. The molecule has 0 bridgehead atoms. The van der Waals surface area contributed by atoms with Crippen molar-refractivity contribution in [1.82, 2.24) is 9.88 Å². The first-order valence-electron chi connectivity index (χ1n) is 5.71. The van der Waals surface area contributed by atoms with E-state index in [1.54, 1.807) is 12.3 Å². The third kappa shape index (κ3) is 3.41. The third-order valence-electron chi connectivity index (χ3n) is 2.78. The highest BCUT2D eigenvalue weighted by atomic mass is 35.5. The number of hydrogen-bond acceptors (Lipinski definition) is 5. The molecule has 0 aliphatic carbocycles. The zero-order chi connectivity index (χ0) is 13.0. The van der Waals surface area contributed by atoms with Crippen molar-refractivity contribution in [2.45, 2.75) is 12.6 Å². The summed E-state index contributed by atoms with van der Waals surface area (Å²) in [5.74, 6) is -0.334. The number of carbonyl (C=O) groups excluding carboxylic acids is 1. The van der Waals surface area contributed by atoms with Crippen LogP contribution < -0.4 is 0 Å². The lowest BCUT2D eigenvalue weighted by Gasteiger charge is -2.31. The first-order chi connectivity index (χ1) is 8.69. The van der Waals surface area contributed by atoms with Crippen LogP contribution in [0.4, 0.5) is 0 Å². The molecule has 0 N–H and O–H groups in total. The standard InChI is InChI=1S/C12H15ClN2O3/c1-17-12(16)11-8-15(4-5-18-11)7-10-6-9(13)2-3-14-10/h2-3,6,11H,4-5,7-8H2,1H3. The summed E-state index contributed by atoms with van der Waals surface area (Å²) in [4.78, 5) is 17.7. The van der Waals surface area contributed by atoms with Crippen LogP contribution in [0.25, 0.3) is 0 Å². The first-order valence-corrected chi connectivity index (χ1v) is 6.09. The number of hydrogen-bond donors (Lipinski definition) is 0. The lowest BCUT2D eigenvalue weighted by molar-refractivity contribution is -0.160. The maximum absolute atomic E-state index is 11.4. The maximum Gasteiger partial charge on any atom is 0.336 e. The van der Waals surface area contributed by atoms with Crippen molar-refractivity contribution in [3.63, 3.8) is 0 Å². The monoisotopic (exact) mass is 270 g/mol. The molecule has 1 unspecified atom stereocenters. The van der Waals surface area contributed by atoms with Crippen LogP contribution in [0.5, 0.6) is 0 Å². The van der Waals surface area contributed by atoms with Crippen molar-refractivity contribution in [1.29, 1.82) is 0 Å². The number of carbonyl (C=O) groups is 1. The Balaban J connectivity index is 1.95. The Kier molecular flexibility index (Phi) is 4.52. The zero-order valence-electron chi connectivity index (χ0n) is 10.1. The van der Waals surface area contributed by atoms with Gasteiger partial charge in [-0.05, 0) is 12.1 Å². The molecule has 1 aliphatic heterocycles. The quantitative estimate of drug-likeness (QED) is 0.770. The molecule has 98 valence electrons. The minimum absolute atomic E-state index is 0.334. The number of rotatable bonds is 3. The number of nitrogens with zero attached hydrogens (tertiary/aromatic N) is 2. The van der Waals surface area contributed by atoms with E-state index in [9.17, 15) is 4.79 Å². The lowest BCUT2D eigenvalue weighted by atomic mass is 10.2. The highest BCUT2D eigenvalue weighted by molar-refractivity contribution is 6.30. The Hall–Kier alpha value is -1.17. The molecule has 0 radical (unpaired) electrons. The molecule has 0 saturated carbocycles. The summed E-state index contributed by atoms with van der Waals surface area (Å²) in [5, 5.41) is 0.665. The number of pyridine rings is 1. The Bertz CT molecular complexity index is 428. The van der Waals surface area contributed by atoms with Gasteiger partial charge in [0.25, 0.3) is 0 Å². The van der Waals surface area contributed by atoms with Crippen LogP contribution in [0.3, 0.4) is 0 Å². The lowest BCUT2D eigenvalue weighted by Crippen LogP contribution is -2.46. The van der Waals surface area contributed by atoms with Crippen LogP contribution >= 0.6 is 11.6 Å². The van der Waals surface area contributed by atoms with Crippen molar-refractivity contribution >= 4 is 17.6 Å². The molecular formula is C12H15ClN2O3. The van der Waals surface area contributed by atoms with Crippen LogP contribution in [-0.2, 0) is 20.8 Å². The van der Waals surface area contributed by atoms with Crippen LogP contribution in [0, 0.1) is 0 Å². The van der Waals surface area contributed by atoms with Gasteiger partial charge in [-0.2, -0.15) is 0 Å². The summed E-state index contributed by atoms with van der Waals surface area (Å²) in [6, 6.07) is 3.56.